The molecule has 0 spiro atoms. The highest BCUT2D eigenvalue weighted by molar-refractivity contribution is 6.07. The number of nitrogens with zero attached hydrogens (tertiary/aromatic N) is 6. The van der Waals surface area contributed by atoms with Crippen molar-refractivity contribution >= 4 is 23.2 Å². The number of carbonyl (C=O) groups excluding carboxylic acids is 1. The molecule has 1 N–H and O–H groups in total. The first-order valence-electron chi connectivity index (χ1n) is 14.6. The summed E-state index contributed by atoms with van der Waals surface area (Å²) in [4.78, 5) is 30.7. The van der Waals surface area contributed by atoms with Crippen LogP contribution in [0.5, 0.6) is 0 Å². The Bertz CT molecular complexity index is 1490. The van der Waals surface area contributed by atoms with Crippen molar-refractivity contribution < 1.29 is 26.7 Å². The number of alkyl halides is 3. The maximum absolute atomic E-state index is 15.7. The smallest absolute Gasteiger partial charge is 0.367 e. The van der Waals surface area contributed by atoms with Crippen molar-refractivity contribution in [1.29, 1.82) is 0 Å². The lowest BCUT2D eigenvalue weighted by molar-refractivity contribution is -0.138. The maximum Gasteiger partial charge on any atom is 0.417 e. The van der Waals surface area contributed by atoms with Gasteiger partial charge < -0.3 is 20.0 Å². The fourth-order valence-electron chi connectivity index (χ4n) is 5.61. The van der Waals surface area contributed by atoms with Gasteiger partial charge in [0.1, 0.15) is 11.6 Å². The van der Waals surface area contributed by atoms with Crippen LogP contribution in [0.25, 0.3) is 11.1 Å². The number of aromatic nitrogens is 2. The standard InChI is InChI=1S/C31H36F5N7O/c1-19(2)41-9-11-42(12-10-41)30-37-16-21(17-38-30)24-14-27(28(15-26(24)33)43-8-7-40(4)20(3)18-43)39-29(44)23-6-5-22(32)13-25(23)31(34,35)36/h5-6,13-17,19-20H,7-12,18H2,1-4H3,(H,39,44). The van der Waals surface area contributed by atoms with E-state index in [0.717, 1.165) is 38.3 Å². The number of amides is 1. The highest BCUT2D eigenvalue weighted by atomic mass is 19.4. The quantitative estimate of drug-likeness (QED) is 0.374. The van der Waals surface area contributed by atoms with E-state index < -0.39 is 34.8 Å². The first kappa shape index (κ1) is 31.6. The van der Waals surface area contributed by atoms with E-state index in [2.05, 4.69) is 43.8 Å². The number of rotatable bonds is 6. The number of carbonyl (C=O) groups is 1. The van der Waals surface area contributed by atoms with Gasteiger partial charge >= 0.3 is 6.18 Å². The highest BCUT2D eigenvalue weighted by Crippen LogP contribution is 2.37. The predicted molar refractivity (Wildman–Crippen MR) is 160 cm³/mol. The molecule has 236 valence electrons. The highest BCUT2D eigenvalue weighted by Gasteiger charge is 2.36. The minimum absolute atomic E-state index is 0.0811. The van der Waals surface area contributed by atoms with Gasteiger partial charge in [0.15, 0.2) is 0 Å². The second-order valence-corrected chi connectivity index (χ2v) is 11.7. The van der Waals surface area contributed by atoms with E-state index in [-0.39, 0.29) is 23.4 Å². The fourth-order valence-corrected chi connectivity index (χ4v) is 5.61. The van der Waals surface area contributed by atoms with E-state index in [1.54, 1.807) is 0 Å². The largest absolute Gasteiger partial charge is 0.417 e. The van der Waals surface area contributed by atoms with Crippen molar-refractivity contribution in [3.8, 4) is 11.1 Å². The molecule has 1 atom stereocenters. The number of halogens is 5. The molecule has 2 fully saturated rings. The van der Waals surface area contributed by atoms with Gasteiger partial charge in [0.05, 0.1) is 22.5 Å². The van der Waals surface area contributed by atoms with Gasteiger partial charge in [0.25, 0.3) is 5.91 Å². The molecule has 13 heteroatoms. The molecule has 0 aliphatic carbocycles. The zero-order chi connectivity index (χ0) is 31.8. The number of anilines is 3. The molecule has 3 heterocycles. The van der Waals surface area contributed by atoms with Crippen molar-refractivity contribution in [2.24, 2.45) is 0 Å². The average molecular weight is 618 g/mol. The Morgan fingerprint density at radius 3 is 2.23 bits per heavy atom. The van der Waals surface area contributed by atoms with Crippen LogP contribution in [-0.4, -0.2) is 90.6 Å². The molecule has 0 saturated carbocycles. The van der Waals surface area contributed by atoms with Gasteiger partial charge in [-0.1, -0.05) is 0 Å². The Hall–Kier alpha value is -3.84. The first-order valence-corrected chi connectivity index (χ1v) is 14.6. The fraction of sp³-hybridized carbons (Fsp3) is 0.452. The molecule has 2 aromatic carbocycles. The molecule has 2 aliphatic heterocycles. The van der Waals surface area contributed by atoms with Crippen LogP contribution in [-0.2, 0) is 6.18 Å². The molecule has 8 nitrogen and oxygen atoms in total. The van der Waals surface area contributed by atoms with Crippen molar-refractivity contribution in [3.05, 3.63) is 65.5 Å². The zero-order valence-corrected chi connectivity index (χ0v) is 25.1. The lowest BCUT2D eigenvalue weighted by atomic mass is 10.0. The molecule has 3 aromatic rings. The number of piperazine rings is 2. The van der Waals surface area contributed by atoms with E-state index >= 15 is 4.39 Å². The van der Waals surface area contributed by atoms with E-state index in [4.69, 9.17) is 0 Å². The summed E-state index contributed by atoms with van der Waals surface area (Å²) < 4.78 is 70.6. The summed E-state index contributed by atoms with van der Waals surface area (Å²) in [5, 5.41) is 2.56. The number of nitrogens with one attached hydrogen (secondary N) is 1. The minimum Gasteiger partial charge on any atom is -0.367 e. The Morgan fingerprint density at radius 1 is 0.955 bits per heavy atom. The Kier molecular flexibility index (Phi) is 9.07. The second-order valence-electron chi connectivity index (χ2n) is 11.7. The Morgan fingerprint density at radius 2 is 1.61 bits per heavy atom. The molecule has 5 rings (SSSR count). The van der Waals surface area contributed by atoms with E-state index in [9.17, 15) is 22.4 Å². The van der Waals surface area contributed by atoms with Crippen molar-refractivity contribution in [2.75, 3.05) is 68.0 Å². The van der Waals surface area contributed by atoms with Gasteiger partial charge in [-0.2, -0.15) is 13.2 Å². The number of likely N-dealkylation sites (N-methyl/N-ethyl adjacent to an activating group) is 1. The van der Waals surface area contributed by atoms with E-state index in [1.165, 1.54) is 24.5 Å². The summed E-state index contributed by atoms with van der Waals surface area (Å²) in [5.74, 6) is -2.28. The second kappa shape index (κ2) is 12.6. The van der Waals surface area contributed by atoms with Crippen LogP contribution in [0, 0.1) is 11.6 Å². The van der Waals surface area contributed by atoms with E-state index in [0.29, 0.717) is 42.9 Å². The first-order chi connectivity index (χ1) is 20.8. The summed E-state index contributed by atoms with van der Waals surface area (Å²) in [6.07, 6.45) is -1.96. The van der Waals surface area contributed by atoms with Crippen molar-refractivity contribution in [1.82, 2.24) is 19.8 Å². The molecule has 2 aliphatic rings. The molecule has 1 unspecified atom stereocenters. The summed E-state index contributed by atoms with van der Waals surface area (Å²) >= 11 is 0. The lowest BCUT2D eigenvalue weighted by Gasteiger charge is -2.39. The van der Waals surface area contributed by atoms with Gasteiger partial charge in [-0.15, -0.1) is 0 Å². The normalized spacial score (nSPS) is 18.6. The Labute approximate surface area is 253 Å². The third-order valence-corrected chi connectivity index (χ3v) is 8.44. The van der Waals surface area contributed by atoms with Crippen LogP contribution in [0.15, 0.2) is 42.7 Å². The van der Waals surface area contributed by atoms with Gasteiger partial charge in [-0.3, -0.25) is 9.69 Å². The lowest BCUT2D eigenvalue weighted by Crippen LogP contribution is -2.50. The summed E-state index contributed by atoms with van der Waals surface area (Å²) in [7, 11) is 1.97. The summed E-state index contributed by atoms with van der Waals surface area (Å²) in [6.45, 7) is 11.2. The molecule has 44 heavy (non-hydrogen) atoms. The molecule has 0 radical (unpaired) electrons. The monoisotopic (exact) mass is 617 g/mol. The average Bonchev–Trinajstić information content (AvgIpc) is 2.99. The van der Waals surface area contributed by atoms with Gasteiger partial charge in [0, 0.05) is 81.4 Å². The van der Waals surface area contributed by atoms with Gasteiger partial charge in [-0.05, 0) is 58.2 Å². The Balaban J connectivity index is 1.48. The van der Waals surface area contributed by atoms with Crippen LogP contribution in [0.3, 0.4) is 0 Å². The van der Waals surface area contributed by atoms with Crippen LogP contribution in [0.2, 0.25) is 0 Å². The number of benzene rings is 2. The summed E-state index contributed by atoms with van der Waals surface area (Å²) in [6, 6.07) is 5.09. The molecular formula is C31H36F5N7O. The molecule has 1 amide bonds. The number of hydrogen-bond donors (Lipinski definition) is 1. The zero-order valence-electron chi connectivity index (χ0n) is 25.1. The number of hydrogen-bond acceptors (Lipinski definition) is 7. The molecule has 0 bridgehead atoms. The minimum atomic E-state index is -4.96. The van der Waals surface area contributed by atoms with Crippen LogP contribution in [0.1, 0.15) is 36.7 Å². The van der Waals surface area contributed by atoms with Crippen molar-refractivity contribution in [2.45, 2.75) is 39.0 Å². The van der Waals surface area contributed by atoms with Crippen LogP contribution < -0.4 is 15.1 Å². The predicted octanol–water partition coefficient (Wildman–Crippen LogP) is 5.36. The summed E-state index contributed by atoms with van der Waals surface area (Å²) in [5.41, 5.74) is -1.26. The molecular weight excluding hydrogens is 581 g/mol. The topological polar surface area (TPSA) is 67.8 Å². The third kappa shape index (κ3) is 6.78. The van der Waals surface area contributed by atoms with Gasteiger partial charge in [-0.25, -0.2) is 18.7 Å². The van der Waals surface area contributed by atoms with E-state index in [1.807, 2.05) is 18.9 Å². The molecule has 2 saturated heterocycles. The van der Waals surface area contributed by atoms with Gasteiger partial charge in [0.2, 0.25) is 5.95 Å². The third-order valence-electron chi connectivity index (χ3n) is 8.44. The SMILES string of the molecule is CC1CN(c2cc(F)c(-c3cnc(N4CCN(C(C)C)CC4)nc3)cc2NC(=O)c2ccc(F)cc2C(F)(F)F)CCN1C. The maximum atomic E-state index is 15.7. The molecule has 1 aromatic heterocycles. The van der Waals surface area contributed by atoms with Crippen LogP contribution in [0.4, 0.5) is 39.3 Å². The van der Waals surface area contributed by atoms with Crippen LogP contribution >= 0.6 is 0 Å². The van der Waals surface area contributed by atoms with Crippen molar-refractivity contribution in [3.63, 3.8) is 0 Å².